The monoisotopic (exact) mass is 393 g/mol. The first-order valence-corrected chi connectivity index (χ1v) is 9.29. The average molecular weight is 393 g/mol. The highest BCUT2D eigenvalue weighted by molar-refractivity contribution is 7.45. The van der Waals surface area contributed by atoms with Gasteiger partial charge >= 0.3 is 11.9 Å². The molecule has 0 radical (unpaired) electrons. The summed E-state index contributed by atoms with van der Waals surface area (Å²) in [4.78, 5) is 34.9. The summed E-state index contributed by atoms with van der Waals surface area (Å²) in [5.41, 5.74) is 0.263. The molecule has 0 aromatic heterocycles. The summed E-state index contributed by atoms with van der Waals surface area (Å²) in [5.74, 6) is -1.45. The van der Waals surface area contributed by atoms with Crippen molar-refractivity contribution in [2.75, 3.05) is 47.5 Å². The zero-order chi connectivity index (χ0) is 20.5. The van der Waals surface area contributed by atoms with Crippen molar-refractivity contribution in [3.8, 4) is 0 Å². The van der Waals surface area contributed by atoms with E-state index in [-0.39, 0.29) is 17.8 Å². The molecule has 0 bridgehead atoms. The molecule has 1 atom stereocenters. The Morgan fingerprint density at radius 3 is 1.81 bits per heavy atom. The van der Waals surface area contributed by atoms with Crippen LogP contribution in [0, 0.1) is 0 Å². The fourth-order valence-corrected chi connectivity index (χ4v) is 2.19. The Hall–Kier alpha value is -1.51. The predicted molar refractivity (Wildman–Crippen MR) is 92.9 cm³/mol. The van der Waals surface area contributed by atoms with Gasteiger partial charge in [0.25, 0.3) is 7.82 Å². The number of esters is 2. The minimum atomic E-state index is -4.69. The third-order valence-corrected chi connectivity index (χ3v) is 3.84. The second-order valence-corrected chi connectivity index (χ2v) is 8.14. The van der Waals surface area contributed by atoms with Crippen LogP contribution in [-0.2, 0) is 32.7 Å². The molecule has 0 aliphatic rings. The van der Waals surface area contributed by atoms with Gasteiger partial charge in [-0.25, -0.2) is 9.59 Å². The molecule has 0 aliphatic carbocycles. The van der Waals surface area contributed by atoms with Crippen molar-refractivity contribution in [3.63, 3.8) is 0 Å². The largest absolute Gasteiger partial charge is 0.756 e. The first-order chi connectivity index (χ1) is 11.7. The quantitative estimate of drug-likeness (QED) is 0.207. The third kappa shape index (κ3) is 11.9. The minimum absolute atomic E-state index is 0.0892. The maximum absolute atomic E-state index is 11.9. The van der Waals surface area contributed by atoms with Crippen molar-refractivity contribution in [2.45, 2.75) is 20.0 Å². The summed E-state index contributed by atoms with van der Waals surface area (Å²) in [6.45, 7) is 9.12. The average Bonchev–Trinajstić information content (AvgIpc) is 2.47. The zero-order valence-electron chi connectivity index (χ0n) is 16.0. The lowest BCUT2D eigenvalue weighted by molar-refractivity contribution is -0.870. The maximum Gasteiger partial charge on any atom is 0.333 e. The van der Waals surface area contributed by atoms with Gasteiger partial charge in [-0.2, -0.15) is 0 Å². The van der Waals surface area contributed by atoms with Gasteiger partial charge in [0.2, 0.25) is 0 Å². The molecule has 0 heterocycles. The molecule has 1 unspecified atom stereocenters. The van der Waals surface area contributed by atoms with E-state index in [0.717, 1.165) is 0 Å². The molecule has 0 rings (SSSR count). The SMILES string of the molecule is C=C(C)C(=O)OCC(COC(=O)C(=C)C)OP(=O)([O-])OCC[N+](C)(C)C. The summed E-state index contributed by atoms with van der Waals surface area (Å²) in [6, 6.07) is 0. The van der Waals surface area contributed by atoms with Crippen LogP contribution in [0.4, 0.5) is 0 Å². The minimum Gasteiger partial charge on any atom is -0.756 e. The Balaban J connectivity index is 4.81. The van der Waals surface area contributed by atoms with Crippen molar-refractivity contribution in [3.05, 3.63) is 24.3 Å². The van der Waals surface area contributed by atoms with Gasteiger partial charge in [-0.05, 0) is 13.8 Å². The highest BCUT2D eigenvalue weighted by atomic mass is 31.2. The number of carbonyl (C=O) groups is 2. The lowest BCUT2D eigenvalue weighted by atomic mass is 10.3. The number of phosphoric ester groups is 1. The molecule has 0 aromatic carbocycles. The van der Waals surface area contributed by atoms with Gasteiger partial charge in [-0.3, -0.25) is 4.57 Å². The van der Waals surface area contributed by atoms with E-state index >= 15 is 0 Å². The highest BCUT2D eigenvalue weighted by Gasteiger charge is 2.23. The van der Waals surface area contributed by atoms with Crippen LogP contribution in [0.1, 0.15) is 13.8 Å². The van der Waals surface area contributed by atoms with Crippen LogP contribution in [-0.4, -0.2) is 70.0 Å². The Morgan fingerprint density at radius 1 is 1.04 bits per heavy atom. The fraction of sp³-hybridized carbons (Fsp3) is 0.625. The number of quaternary nitrogens is 1. The van der Waals surface area contributed by atoms with Crippen molar-refractivity contribution in [2.24, 2.45) is 0 Å². The fourth-order valence-electron chi connectivity index (χ4n) is 1.33. The van der Waals surface area contributed by atoms with E-state index in [4.69, 9.17) is 18.5 Å². The molecular weight excluding hydrogens is 365 g/mol. The van der Waals surface area contributed by atoms with Crippen LogP contribution in [0.5, 0.6) is 0 Å². The Labute approximate surface area is 154 Å². The number of ether oxygens (including phenoxy) is 2. The molecule has 0 spiro atoms. The molecule has 9 nitrogen and oxygen atoms in total. The van der Waals surface area contributed by atoms with E-state index in [9.17, 15) is 19.0 Å². The predicted octanol–water partition coefficient (Wildman–Crippen LogP) is 0.801. The van der Waals surface area contributed by atoms with Gasteiger partial charge < -0.3 is 27.9 Å². The van der Waals surface area contributed by atoms with E-state index in [1.807, 2.05) is 21.1 Å². The first-order valence-electron chi connectivity index (χ1n) is 7.83. The number of nitrogens with zero attached hydrogens (tertiary/aromatic N) is 1. The van der Waals surface area contributed by atoms with Gasteiger partial charge in [0.1, 0.15) is 32.5 Å². The summed E-state index contributed by atoms with van der Waals surface area (Å²) in [7, 11) is 0.926. The number of likely N-dealkylation sites (N-methyl/N-ethyl adjacent to an activating group) is 1. The summed E-state index contributed by atoms with van der Waals surface area (Å²) in [5, 5.41) is 0. The molecule has 0 fully saturated rings. The van der Waals surface area contributed by atoms with Crippen LogP contribution in [0.15, 0.2) is 24.3 Å². The number of hydrogen-bond donors (Lipinski definition) is 0. The van der Waals surface area contributed by atoms with E-state index in [1.165, 1.54) is 13.8 Å². The Morgan fingerprint density at radius 2 is 1.46 bits per heavy atom. The second-order valence-electron chi connectivity index (χ2n) is 6.78. The first kappa shape index (κ1) is 24.5. The van der Waals surface area contributed by atoms with Crippen LogP contribution in [0.3, 0.4) is 0 Å². The van der Waals surface area contributed by atoms with Crippen LogP contribution >= 0.6 is 7.82 Å². The molecular formula is C16H28NO8P. The normalized spacial score (nSPS) is 13.8. The molecule has 0 saturated carbocycles. The Bertz CT molecular complexity index is 551. The van der Waals surface area contributed by atoms with Crippen LogP contribution < -0.4 is 4.89 Å². The van der Waals surface area contributed by atoms with Crippen molar-refractivity contribution < 1.29 is 42.1 Å². The maximum atomic E-state index is 11.9. The second kappa shape index (κ2) is 10.6. The lowest BCUT2D eigenvalue weighted by Crippen LogP contribution is -2.38. The van der Waals surface area contributed by atoms with E-state index < -0.39 is 39.1 Å². The topological polar surface area (TPSA) is 111 Å². The molecule has 0 N–H and O–H groups in total. The van der Waals surface area contributed by atoms with E-state index in [2.05, 4.69) is 13.2 Å². The molecule has 0 saturated heterocycles. The smallest absolute Gasteiger partial charge is 0.333 e. The van der Waals surface area contributed by atoms with Gasteiger partial charge in [-0.1, -0.05) is 13.2 Å². The molecule has 0 amide bonds. The molecule has 150 valence electrons. The summed E-state index contributed by atoms with van der Waals surface area (Å²) in [6.07, 6.45) is -1.26. The van der Waals surface area contributed by atoms with E-state index in [0.29, 0.717) is 11.0 Å². The van der Waals surface area contributed by atoms with Crippen molar-refractivity contribution >= 4 is 19.8 Å². The number of carbonyl (C=O) groups excluding carboxylic acids is 2. The number of rotatable bonds is 12. The number of hydrogen-bond acceptors (Lipinski definition) is 8. The zero-order valence-corrected chi connectivity index (χ0v) is 16.9. The summed E-state index contributed by atoms with van der Waals surface area (Å²) >= 11 is 0. The van der Waals surface area contributed by atoms with Crippen molar-refractivity contribution in [1.29, 1.82) is 0 Å². The van der Waals surface area contributed by atoms with Crippen LogP contribution in [0.2, 0.25) is 0 Å². The van der Waals surface area contributed by atoms with E-state index in [1.54, 1.807) is 0 Å². The van der Waals surface area contributed by atoms with Gasteiger partial charge in [0.05, 0.1) is 21.1 Å². The lowest BCUT2D eigenvalue weighted by Gasteiger charge is -2.29. The third-order valence-electron chi connectivity index (χ3n) is 2.79. The Kier molecular flexibility index (Phi) is 9.98. The molecule has 26 heavy (non-hydrogen) atoms. The van der Waals surface area contributed by atoms with Gasteiger partial charge in [-0.15, -0.1) is 0 Å². The van der Waals surface area contributed by atoms with Crippen molar-refractivity contribution in [1.82, 2.24) is 0 Å². The number of phosphoric acid groups is 1. The summed E-state index contributed by atoms with van der Waals surface area (Å²) < 4.78 is 31.8. The van der Waals surface area contributed by atoms with Gasteiger partial charge in [0.15, 0.2) is 0 Å². The van der Waals surface area contributed by atoms with Gasteiger partial charge in [0, 0.05) is 11.1 Å². The standard InChI is InChI=1S/C16H28NO8P/c1-12(2)15(18)22-10-14(11-23-16(19)13(3)4)25-26(20,21)24-9-8-17(5,6)7/h14H,1,3,8-11H2,2,4-7H3. The highest BCUT2D eigenvalue weighted by Crippen LogP contribution is 2.39. The van der Waals surface area contributed by atoms with Crippen LogP contribution in [0.25, 0.3) is 0 Å². The molecule has 0 aromatic rings. The molecule has 10 heteroatoms. The molecule has 0 aliphatic heterocycles.